The number of nitrogens with zero attached hydrogens (tertiary/aromatic N) is 1. The number of hydrogen-bond donors (Lipinski definition) is 1. The van der Waals surface area contributed by atoms with Gasteiger partial charge >= 0.3 is 0 Å². The highest BCUT2D eigenvalue weighted by Gasteiger charge is 2.27. The minimum absolute atomic E-state index is 0.0518. The molecule has 0 spiro atoms. The Hall–Kier alpha value is -2.10. The summed E-state index contributed by atoms with van der Waals surface area (Å²) in [4.78, 5) is 23.9. The van der Waals surface area contributed by atoms with Crippen molar-refractivity contribution < 1.29 is 14.7 Å². The number of anilines is 1. The molecule has 0 aliphatic carbocycles. The van der Waals surface area contributed by atoms with Crippen LogP contribution in [0.5, 0.6) is 5.75 Å². The Labute approximate surface area is 117 Å². The summed E-state index contributed by atoms with van der Waals surface area (Å²) in [6.07, 6.45) is 6.48. The van der Waals surface area contributed by atoms with E-state index in [9.17, 15) is 14.7 Å². The summed E-state index contributed by atoms with van der Waals surface area (Å²) in [6, 6.07) is 1.92. The van der Waals surface area contributed by atoms with Crippen molar-refractivity contribution in [2.24, 2.45) is 0 Å². The summed E-state index contributed by atoms with van der Waals surface area (Å²) in [6.45, 7) is 2.09. The fourth-order valence-corrected chi connectivity index (χ4v) is 3.25. The van der Waals surface area contributed by atoms with Gasteiger partial charge in [0.05, 0.1) is 5.57 Å². The van der Waals surface area contributed by atoms with Gasteiger partial charge in [0.15, 0.2) is 12.6 Å². The summed E-state index contributed by atoms with van der Waals surface area (Å²) < 4.78 is 0. The second-order valence-electron chi connectivity index (χ2n) is 5.37. The molecule has 4 heteroatoms. The van der Waals surface area contributed by atoms with E-state index in [1.54, 1.807) is 0 Å². The van der Waals surface area contributed by atoms with Crippen LogP contribution in [0.2, 0.25) is 0 Å². The van der Waals surface area contributed by atoms with Crippen LogP contribution >= 0.6 is 0 Å². The van der Waals surface area contributed by atoms with Crippen LogP contribution in [-0.4, -0.2) is 30.8 Å². The van der Waals surface area contributed by atoms with Gasteiger partial charge in [-0.25, -0.2) is 0 Å². The number of aromatic hydroxyl groups is 1. The maximum atomic E-state index is 10.8. The summed E-state index contributed by atoms with van der Waals surface area (Å²) in [5, 5.41) is 10.4. The molecule has 2 aliphatic rings. The van der Waals surface area contributed by atoms with Crippen molar-refractivity contribution in [1.29, 1.82) is 0 Å². The molecule has 0 unspecified atom stereocenters. The molecule has 0 radical (unpaired) electrons. The largest absolute Gasteiger partial charge is 0.507 e. The first-order valence-corrected chi connectivity index (χ1v) is 6.99. The van der Waals surface area contributed by atoms with E-state index in [0.29, 0.717) is 18.1 Å². The van der Waals surface area contributed by atoms with Gasteiger partial charge in [-0.05, 0) is 43.4 Å². The molecule has 4 nitrogen and oxygen atoms in total. The van der Waals surface area contributed by atoms with Crippen molar-refractivity contribution in [3.8, 4) is 5.75 Å². The molecule has 20 heavy (non-hydrogen) atoms. The van der Waals surface area contributed by atoms with Gasteiger partial charge in [-0.15, -0.1) is 0 Å². The standard InChI is InChI=1S/C16H17NO3/c18-9-11(10-19)7-13-8-12-3-1-5-17-6-2-4-14(15(12)17)16(13)20/h7-10,20H,1-6H2. The number of phenols is 1. The third-order valence-corrected chi connectivity index (χ3v) is 4.12. The summed E-state index contributed by atoms with van der Waals surface area (Å²) in [7, 11) is 0. The third-order valence-electron chi connectivity index (χ3n) is 4.12. The Morgan fingerprint density at radius 1 is 1.15 bits per heavy atom. The monoisotopic (exact) mass is 271 g/mol. The Balaban J connectivity index is 2.17. The fraction of sp³-hybridized carbons (Fsp3) is 0.375. The van der Waals surface area contributed by atoms with E-state index in [1.165, 1.54) is 17.3 Å². The Kier molecular flexibility index (Phi) is 3.30. The lowest BCUT2D eigenvalue weighted by molar-refractivity contribution is -0.109. The Morgan fingerprint density at radius 2 is 1.85 bits per heavy atom. The Bertz CT molecular complexity index is 592. The van der Waals surface area contributed by atoms with Gasteiger partial charge in [-0.1, -0.05) is 0 Å². The molecular weight excluding hydrogens is 254 g/mol. The van der Waals surface area contributed by atoms with Gasteiger partial charge in [-0.3, -0.25) is 9.59 Å². The van der Waals surface area contributed by atoms with Gasteiger partial charge in [0, 0.05) is 29.9 Å². The molecule has 2 aliphatic heterocycles. The van der Waals surface area contributed by atoms with Crippen molar-refractivity contribution in [3.05, 3.63) is 28.3 Å². The number of rotatable bonds is 3. The molecule has 0 atom stereocenters. The number of aryl methyl sites for hydroxylation is 1. The van der Waals surface area contributed by atoms with Crippen molar-refractivity contribution in [2.75, 3.05) is 18.0 Å². The molecule has 3 rings (SSSR count). The molecule has 2 heterocycles. The molecule has 1 aromatic carbocycles. The lowest BCUT2D eigenvalue weighted by Crippen LogP contribution is -2.34. The lowest BCUT2D eigenvalue weighted by Gasteiger charge is -2.37. The van der Waals surface area contributed by atoms with Crippen LogP contribution in [0, 0.1) is 0 Å². The van der Waals surface area contributed by atoms with E-state index in [1.807, 2.05) is 6.07 Å². The molecule has 0 fully saturated rings. The number of phenolic OH excluding ortho intramolecular Hbond substituents is 1. The topological polar surface area (TPSA) is 57.6 Å². The van der Waals surface area contributed by atoms with Crippen LogP contribution in [0.4, 0.5) is 5.69 Å². The molecule has 104 valence electrons. The number of allylic oxidation sites excluding steroid dienone is 1. The first-order valence-electron chi connectivity index (χ1n) is 6.99. The molecule has 0 saturated carbocycles. The quantitative estimate of drug-likeness (QED) is 0.394. The zero-order valence-electron chi connectivity index (χ0n) is 11.3. The van der Waals surface area contributed by atoms with Gasteiger partial charge in [0.2, 0.25) is 0 Å². The lowest BCUT2D eigenvalue weighted by atomic mass is 9.88. The number of carbonyl (C=O) groups is 2. The first kappa shape index (κ1) is 12.9. The maximum absolute atomic E-state index is 10.8. The van der Waals surface area contributed by atoms with Crippen molar-refractivity contribution in [3.63, 3.8) is 0 Å². The third kappa shape index (κ3) is 2.01. The van der Waals surface area contributed by atoms with Crippen LogP contribution in [0.3, 0.4) is 0 Å². The van der Waals surface area contributed by atoms with Crippen LogP contribution in [0.15, 0.2) is 11.6 Å². The molecule has 1 N–H and O–H groups in total. The van der Waals surface area contributed by atoms with E-state index in [2.05, 4.69) is 4.90 Å². The molecule has 0 amide bonds. The first-order chi connectivity index (χ1) is 9.74. The van der Waals surface area contributed by atoms with E-state index in [4.69, 9.17) is 0 Å². The van der Waals surface area contributed by atoms with Crippen molar-refractivity contribution >= 4 is 24.3 Å². The zero-order valence-corrected chi connectivity index (χ0v) is 11.3. The predicted octanol–water partition coefficient (Wildman–Crippen LogP) is 1.87. The number of hydrogen-bond acceptors (Lipinski definition) is 4. The van der Waals surface area contributed by atoms with Crippen molar-refractivity contribution in [1.82, 2.24) is 0 Å². The van der Waals surface area contributed by atoms with E-state index in [0.717, 1.165) is 44.3 Å². The smallest absolute Gasteiger partial charge is 0.153 e. The minimum atomic E-state index is 0.0518. The normalized spacial score (nSPS) is 16.3. The van der Waals surface area contributed by atoms with Crippen LogP contribution in [0.25, 0.3) is 6.08 Å². The number of benzene rings is 1. The molecule has 1 aromatic rings. The van der Waals surface area contributed by atoms with Crippen LogP contribution < -0.4 is 4.90 Å². The predicted molar refractivity (Wildman–Crippen MR) is 77.1 cm³/mol. The second kappa shape index (κ2) is 5.12. The van der Waals surface area contributed by atoms with Gasteiger partial charge in [0.1, 0.15) is 5.75 Å². The average Bonchev–Trinajstić information content (AvgIpc) is 2.49. The van der Waals surface area contributed by atoms with Gasteiger partial charge < -0.3 is 10.0 Å². The van der Waals surface area contributed by atoms with E-state index < -0.39 is 0 Å². The molecule has 0 aromatic heterocycles. The minimum Gasteiger partial charge on any atom is -0.507 e. The van der Waals surface area contributed by atoms with Gasteiger partial charge in [-0.2, -0.15) is 0 Å². The highest BCUT2D eigenvalue weighted by Crippen LogP contribution is 2.42. The van der Waals surface area contributed by atoms with E-state index >= 15 is 0 Å². The molecule has 0 saturated heterocycles. The van der Waals surface area contributed by atoms with E-state index in [-0.39, 0.29) is 11.3 Å². The summed E-state index contributed by atoms with van der Waals surface area (Å²) in [5.74, 6) is 0.219. The molecular formula is C16H17NO3. The summed E-state index contributed by atoms with van der Waals surface area (Å²) in [5.41, 5.74) is 3.99. The highest BCUT2D eigenvalue weighted by molar-refractivity contribution is 6.04. The second-order valence-corrected chi connectivity index (χ2v) is 5.37. The van der Waals surface area contributed by atoms with Gasteiger partial charge in [0.25, 0.3) is 0 Å². The number of aldehydes is 2. The van der Waals surface area contributed by atoms with Crippen LogP contribution in [-0.2, 0) is 22.4 Å². The zero-order chi connectivity index (χ0) is 14.1. The maximum Gasteiger partial charge on any atom is 0.153 e. The van der Waals surface area contributed by atoms with Crippen LogP contribution in [0.1, 0.15) is 29.5 Å². The highest BCUT2D eigenvalue weighted by atomic mass is 16.3. The summed E-state index contributed by atoms with van der Waals surface area (Å²) >= 11 is 0. The Morgan fingerprint density at radius 3 is 2.55 bits per heavy atom. The number of carbonyl (C=O) groups excluding carboxylic acids is 2. The van der Waals surface area contributed by atoms with Crippen molar-refractivity contribution in [2.45, 2.75) is 25.7 Å². The molecule has 0 bridgehead atoms. The average molecular weight is 271 g/mol. The fourth-order valence-electron chi connectivity index (χ4n) is 3.25. The SMILES string of the molecule is O=CC(C=O)=Cc1cc2c3c(c1O)CCCN3CCC2.